The lowest BCUT2D eigenvalue weighted by atomic mass is 10.1. The molecule has 0 heterocycles. The van der Waals surface area contributed by atoms with Gasteiger partial charge in [0, 0.05) is 12.8 Å². The Kier molecular flexibility index (Phi) is 9.78. The maximum absolute atomic E-state index is 11.8. The highest BCUT2D eigenvalue weighted by Crippen LogP contribution is 2.26. The maximum atomic E-state index is 11.8. The molecule has 0 aliphatic rings. The molecule has 1 aromatic carbocycles. The van der Waals surface area contributed by atoms with Crippen molar-refractivity contribution < 1.29 is 32.9 Å². The third-order valence-corrected chi connectivity index (χ3v) is 2.89. The Morgan fingerprint density at radius 2 is 1.70 bits per heavy atom. The molecule has 0 amide bonds. The minimum Gasteiger partial charge on any atom is -0.512 e. The summed E-state index contributed by atoms with van der Waals surface area (Å²) in [4.78, 5) is 10.5. The second-order valence-corrected chi connectivity index (χ2v) is 4.95. The van der Waals surface area contributed by atoms with Gasteiger partial charge in [-0.3, -0.25) is 4.79 Å². The molecule has 0 aliphatic carbocycles. The molecule has 9 heteroatoms. The van der Waals surface area contributed by atoms with E-state index >= 15 is 0 Å². The summed E-state index contributed by atoms with van der Waals surface area (Å²) in [6.45, 7) is 2.86. The van der Waals surface area contributed by atoms with Crippen molar-refractivity contribution in [2.75, 3.05) is 0 Å². The van der Waals surface area contributed by atoms with Crippen LogP contribution in [0.3, 0.4) is 0 Å². The van der Waals surface area contributed by atoms with Crippen LogP contribution in [0.25, 0.3) is 0 Å². The standard InChI is InChI=1S/C11H11NO.C7H6F3NO3/c1-9(13)11(8-12)7-10-5-3-2-4-6-10;1-2-5(12)14-4(3-11)6(13)7(8,9)10/h2-6,13H,7H2,1H3;13H,2H2,1H3/b11-9+;6-4-. The molecule has 0 saturated heterocycles. The largest absolute Gasteiger partial charge is 0.512 e. The minimum atomic E-state index is -5.10. The van der Waals surface area contributed by atoms with Gasteiger partial charge in [0.25, 0.3) is 11.5 Å². The van der Waals surface area contributed by atoms with Crippen LogP contribution >= 0.6 is 0 Å². The molecule has 0 radical (unpaired) electrons. The first-order chi connectivity index (χ1) is 12.6. The van der Waals surface area contributed by atoms with Crippen molar-refractivity contribution in [1.82, 2.24) is 0 Å². The molecule has 0 fully saturated rings. The number of aliphatic hydroxyl groups is 2. The van der Waals surface area contributed by atoms with Crippen molar-refractivity contribution in [1.29, 1.82) is 10.5 Å². The zero-order chi connectivity index (χ0) is 21.0. The molecule has 0 aliphatic heterocycles. The number of alkyl halides is 3. The normalized spacial score (nSPS) is 12.3. The predicted octanol–water partition coefficient (Wildman–Crippen LogP) is 4.38. The number of carbonyl (C=O) groups excluding carboxylic acids is 1. The number of benzene rings is 1. The predicted molar refractivity (Wildman–Crippen MR) is 88.8 cm³/mol. The number of nitrogens with zero attached hydrogens (tertiary/aromatic N) is 2. The van der Waals surface area contributed by atoms with Gasteiger partial charge in [0.15, 0.2) is 0 Å². The highest BCUT2D eigenvalue weighted by molar-refractivity contribution is 5.70. The van der Waals surface area contributed by atoms with Crippen molar-refractivity contribution in [3.05, 3.63) is 58.7 Å². The van der Waals surface area contributed by atoms with E-state index in [4.69, 9.17) is 20.7 Å². The number of aliphatic hydroxyl groups excluding tert-OH is 2. The highest BCUT2D eigenvalue weighted by atomic mass is 19.4. The second kappa shape index (κ2) is 11.2. The van der Waals surface area contributed by atoms with E-state index in [0.29, 0.717) is 12.0 Å². The van der Waals surface area contributed by atoms with Crippen LogP contribution in [0.2, 0.25) is 0 Å². The van der Waals surface area contributed by atoms with Crippen LogP contribution in [0.15, 0.2) is 53.2 Å². The minimum absolute atomic E-state index is 0.103. The van der Waals surface area contributed by atoms with Gasteiger partial charge < -0.3 is 14.9 Å². The van der Waals surface area contributed by atoms with Crippen molar-refractivity contribution >= 4 is 5.97 Å². The molecule has 0 atom stereocenters. The van der Waals surface area contributed by atoms with E-state index in [1.165, 1.54) is 13.8 Å². The molecule has 144 valence electrons. The van der Waals surface area contributed by atoms with Gasteiger partial charge in [-0.1, -0.05) is 37.3 Å². The maximum Gasteiger partial charge on any atom is 0.453 e. The van der Waals surface area contributed by atoms with Gasteiger partial charge in [0.1, 0.15) is 11.8 Å². The second-order valence-electron chi connectivity index (χ2n) is 4.95. The van der Waals surface area contributed by atoms with Crippen molar-refractivity contribution in [3.8, 4) is 12.1 Å². The molecular formula is C18H17F3N2O4. The fourth-order valence-electron chi connectivity index (χ4n) is 1.49. The molecule has 1 rings (SSSR count). The summed E-state index contributed by atoms with van der Waals surface area (Å²) in [7, 11) is 0. The average Bonchev–Trinajstić information content (AvgIpc) is 2.63. The van der Waals surface area contributed by atoms with Gasteiger partial charge in [-0.15, -0.1) is 0 Å². The topological polar surface area (TPSA) is 114 Å². The first kappa shape index (κ1) is 23.5. The van der Waals surface area contributed by atoms with E-state index in [9.17, 15) is 18.0 Å². The lowest BCUT2D eigenvalue weighted by molar-refractivity contribution is -0.142. The summed E-state index contributed by atoms with van der Waals surface area (Å²) in [6.07, 6.45) is -4.80. The number of carbonyl (C=O) groups is 1. The molecule has 27 heavy (non-hydrogen) atoms. The fourth-order valence-corrected chi connectivity index (χ4v) is 1.49. The number of nitriles is 2. The molecule has 0 bridgehead atoms. The van der Waals surface area contributed by atoms with Crippen LogP contribution in [-0.2, 0) is 16.0 Å². The lowest BCUT2D eigenvalue weighted by Gasteiger charge is -2.06. The molecule has 0 saturated carbocycles. The van der Waals surface area contributed by atoms with Crippen LogP contribution in [-0.4, -0.2) is 22.4 Å². The number of rotatable bonds is 4. The van der Waals surface area contributed by atoms with Crippen LogP contribution < -0.4 is 0 Å². The number of allylic oxidation sites excluding steroid dienone is 4. The molecule has 2 N–H and O–H groups in total. The molecule has 0 unspecified atom stereocenters. The third-order valence-electron chi connectivity index (χ3n) is 2.89. The Balaban J connectivity index is 0.000000501. The summed E-state index contributed by atoms with van der Waals surface area (Å²) in [5.74, 6) is -4.57. The third kappa shape index (κ3) is 8.98. The first-order valence-corrected chi connectivity index (χ1v) is 7.50. The zero-order valence-corrected chi connectivity index (χ0v) is 14.5. The molecule has 0 spiro atoms. The van der Waals surface area contributed by atoms with E-state index in [2.05, 4.69) is 4.74 Å². The lowest BCUT2D eigenvalue weighted by Crippen LogP contribution is -2.16. The summed E-state index contributed by atoms with van der Waals surface area (Å²) < 4.78 is 39.3. The van der Waals surface area contributed by atoms with Gasteiger partial charge in [-0.05, 0) is 12.5 Å². The van der Waals surface area contributed by atoms with E-state index in [1.54, 1.807) is 0 Å². The van der Waals surface area contributed by atoms with Crippen LogP contribution in [0.1, 0.15) is 25.8 Å². The Morgan fingerprint density at radius 1 is 1.15 bits per heavy atom. The first-order valence-electron chi connectivity index (χ1n) is 7.50. The van der Waals surface area contributed by atoms with Gasteiger partial charge in [-0.25, -0.2) is 0 Å². The highest BCUT2D eigenvalue weighted by Gasteiger charge is 2.38. The Hall–Kier alpha value is -3.46. The Labute approximate surface area is 154 Å². The van der Waals surface area contributed by atoms with Crippen LogP contribution in [0.4, 0.5) is 13.2 Å². The van der Waals surface area contributed by atoms with Gasteiger partial charge in [0.2, 0.25) is 0 Å². The van der Waals surface area contributed by atoms with Crippen molar-refractivity contribution in [2.24, 2.45) is 0 Å². The Bertz CT molecular complexity index is 782. The van der Waals surface area contributed by atoms with Crippen LogP contribution in [0, 0.1) is 22.7 Å². The molecule has 0 aromatic heterocycles. The SMILES string of the molecule is C/C(O)=C(\C#N)Cc1ccccc1.CCC(=O)O/C(C#N)=C(\O)C(F)(F)F. The quantitative estimate of drug-likeness (QED) is 0.454. The summed E-state index contributed by atoms with van der Waals surface area (Å²) >= 11 is 0. The summed E-state index contributed by atoms with van der Waals surface area (Å²) in [5, 5.41) is 34.4. The molecule has 6 nitrogen and oxygen atoms in total. The van der Waals surface area contributed by atoms with E-state index in [-0.39, 0.29) is 12.2 Å². The van der Waals surface area contributed by atoms with Gasteiger partial charge in [-0.2, -0.15) is 23.7 Å². The Morgan fingerprint density at radius 3 is 2.07 bits per heavy atom. The number of halogens is 3. The number of esters is 1. The monoisotopic (exact) mass is 382 g/mol. The van der Waals surface area contributed by atoms with E-state index in [1.807, 2.05) is 36.4 Å². The number of hydrogen-bond donors (Lipinski definition) is 2. The number of ether oxygens (including phenoxy) is 1. The van der Waals surface area contributed by atoms with E-state index in [0.717, 1.165) is 11.6 Å². The number of hydrogen-bond acceptors (Lipinski definition) is 6. The zero-order valence-electron chi connectivity index (χ0n) is 14.5. The summed E-state index contributed by atoms with van der Waals surface area (Å²) in [5.41, 5.74) is 1.46. The molecule has 1 aromatic rings. The van der Waals surface area contributed by atoms with E-state index < -0.39 is 23.7 Å². The van der Waals surface area contributed by atoms with Crippen molar-refractivity contribution in [3.63, 3.8) is 0 Å². The average molecular weight is 382 g/mol. The fraction of sp³-hybridized carbons (Fsp3) is 0.278. The smallest absolute Gasteiger partial charge is 0.453 e. The van der Waals surface area contributed by atoms with Gasteiger partial charge in [0.05, 0.1) is 11.6 Å². The summed E-state index contributed by atoms with van der Waals surface area (Å²) in [6, 6.07) is 12.5. The molecular weight excluding hydrogens is 365 g/mol. The van der Waals surface area contributed by atoms with Gasteiger partial charge >= 0.3 is 12.1 Å². The van der Waals surface area contributed by atoms with Crippen molar-refractivity contribution in [2.45, 2.75) is 32.9 Å². The van der Waals surface area contributed by atoms with Crippen LogP contribution in [0.5, 0.6) is 0 Å².